The highest BCUT2D eigenvalue weighted by atomic mass is 32.2. The fraction of sp³-hybridized carbons (Fsp3) is 0.462. The number of para-hydroxylation sites is 2. The van der Waals surface area contributed by atoms with Gasteiger partial charge >= 0.3 is 0 Å². The zero-order valence-corrected chi connectivity index (χ0v) is 11.3. The second-order valence-corrected chi connectivity index (χ2v) is 5.22. The number of aromatic amines is 1. The number of H-pyrrole nitrogens is 1. The maximum absolute atomic E-state index is 9.17. The van der Waals surface area contributed by atoms with E-state index in [9.17, 15) is 5.11 Å². The molecule has 4 nitrogen and oxygen atoms in total. The summed E-state index contributed by atoms with van der Waals surface area (Å²) in [6.07, 6.45) is 0.937. The molecule has 0 aliphatic rings. The number of benzene rings is 1. The van der Waals surface area contributed by atoms with Crippen molar-refractivity contribution in [2.24, 2.45) is 0 Å². The van der Waals surface area contributed by atoms with Crippen LogP contribution in [0.2, 0.25) is 0 Å². The number of nitrogens with zero attached hydrogens (tertiary/aromatic N) is 1. The largest absolute Gasteiger partial charge is 0.395 e. The summed E-state index contributed by atoms with van der Waals surface area (Å²) in [6, 6.07) is 8.21. The molecule has 3 N–H and O–H groups in total. The van der Waals surface area contributed by atoms with E-state index in [1.165, 1.54) is 0 Å². The number of imidazole rings is 1. The van der Waals surface area contributed by atoms with Crippen molar-refractivity contribution in [3.8, 4) is 0 Å². The smallest absolute Gasteiger partial charge is 0.166 e. The van der Waals surface area contributed by atoms with E-state index >= 15 is 0 Å². The number of hydrogen-bond acceptors (Lipinski definition) is 4. The van der Waals surface area contributed by atoms with Crippen molar-refractivity contribution in [1.29, 1.82) is 0 Å². The van der Waals surface area contributed by atoms with Crippen LogP contribution in [0.5, 0.6) is 0 Å². The number of fused-ring (bicyclic) bond motifs is 1. The minimum Gasteiger partial charge on any atom is -0.395 e. The number of aromatic nitrogens is 2. The van der Waals surface area contributed by atoms with Crippen LogP contribution in [0, 0.1) is 0 Å². The summed E-state index contributed by atoms with van der Waals surface area (Å²) >= 11 is 1.70. The topological polar surface area (TPSA) is 60.9 Å². The van der Waals surface area contributed by atoms with E-state index in [4.69, 9.17) is 0 Å². The van der Waals surface area contributed by atoms with E-state index < -0.39 is 0 Å². The van der Waals surface area contributed by atoms with Crippen LogP contribution in [-0.2, 0) is 0 Å². The van der Waals surface area contributed by atoms with Crippen LogP contribution in [0.15, 0.2) is 29.4 Å². The molecule has 2 rings (SSSR count). The average Bonchev–Trinajstić information content (AvgIpc) is 2.80. The third-order valence-corrected chi connectivity index (χ3v) is 3.69. The highest BCUT2D eigenvalue weighted by Crippen LogP contribution is 2.20. The van der Waals surface area contributed by atoms with Crippen molar-refractivity contribution in [2.75, 3.05) is 18.9 Å². The Labute approximate surface area is 111 Å². The number of hydrogen-bond donors (Lipinski definition) is 3. The Morgan fingerprint density at radius 3 is 3.00 bits per heavy atom. The summed E-state index contributed by atoms with van der Waals surface area (Å²) in [5.74, 6) is 0.943. The third-order valence-electron chi connectivity index (χ3n) is 2.79. The first-order valence-electron chi connectivity index (χ1n) is 6.25. The number of aliphatic hydroxyl groups excluding tert-OH is 1. The molecule has 1 aromatic heterocycles. The van der Waals surface area contributed by atoms with Crippen molar-refractivity contribution >= 4 is 22.8 Å². The Kier molecular flexibility index (Phi) is 5.04. The Morgan fingerprint density at radius 1 is 1.44 bits per heavy atom. The van der Waals surface area contributed by atoms with Crippen LogP contribution in [0.1, 0.15) is 13.3 Å². The van der Waals surface area contributed by atoms with Gasteiger partial charge in [-0.1, -0.05) is 30.8 Å². The fourth-order valence-electron chi connectivity index (χ4n) is 1.84. The Bertz CT molecular complexity index is 453. The van der Waals surface area contributed by atoms with Gasteiger partial charge in [0, 0.05) is 11.8 Å². The predicted molar refractivity (Wildman–Crippen MR) is 76.0 cm³/mol. The summed E-state index contributed by atoms with van der Waals surface area (Å²) < 4.78 is 0. The lowest BCUT2D eigenvalue weighted by atomic mass is 10.2. The molecule has 98 valence electrons. The molecule has 0 saturated carbocycles. The summed E-state index contributed by atoms with van der Waals surface area (Å²) in [6.45, 7) is 3.13. The molecule has 0 spiro atoms. The molecule has 0 aliphatic heterocycles. The molecule has 0 bridgehead atoms. The third kappa shape index (κ3) is 3.48. The number of rotatable bonds is 7. The van der Waals surface area contributed by atoms with Crippen LogP contribution in [0.25, 0.3) is 11.0 Å². The first-order chi connectivity index (χ1) is 8.83. The summed E-state index contributed by atoms with van der Waals surface area (Å²) in [5, 5.41) is 13.4. The fourth-order valence-corrected chi connectivity index (χ4v) is 2.78. The molecule has 0 amide bonds. The highest BCUT2D eigenvalue weighted by molar-refractivity contribution is 7.99. The van der Waals surface area contributed by atoms with Gasteiger partial charge in [0.05, 0.1) is 17.6 Å². The SMILES string of the molecule is CCNC(CO)CCSc1nc2ccccc2[nH]1. The van der Waals surface area contributed by atoms with Crippen LogP contribution in [0.4, 0.5) is 0 Å². The molecule has 0 aliphatic carbocycles. The minimum absolute atomic E-state index is 0.187. The van der Waals surface area contributed by atoms with Crippen LogP contribution < -0.4 is 5.32 Å². The van der Waals surface area contributed by atoms with Crippen LogP contribution in [-0.4, -0.2) is 40.0 Å². The van der Waals surface area contributed by atoms with Gasteiger partial charge in [-0.3, -0.25) is 0 Å². The van der Waals surface area contributed by atoms with Gasteiger partial charge in [0.25, 0.3) is 0 Å². The highest BCUT2D eigenvalue weighted by Gasteiger charge is 2.07. The average molecular weight is 265 g/mol. The minimum atomic E-state index is 0.187. The second-order valence-electron chi connectivity index (χ2n) is 4.13. The maximum Gasteiger partial charge on any atom is 0.166 e. The quantitative estimate of drug-likeness (QED) is 0.670. The number of likely N-dealkylation sites (N-methyl/N-ethyl adjacent to an activating group) is 1. The van der Waals surface area contributed by atoms with Crippen molar-refractivity contribution in [2.45, 2.75) is 24.5 Å². The normalized spacial score (nSPS) is 13.0. The van der Waals surface area contributed by atoms with Crippen LogP contribution in [0.3, 0.4) is 0 Å². The molecule has 2 aromatic rings. The van der Waals surface area contributed by atoms with Gasteiger partial charge in [-0.25, -0.2) is 4.98 Å². The maximum atomic E-state index is 9.17. The van der Waals surface area contributed by atoms with E-state index in [1.54, 1.807) is 11.8 Å². The number of aliphatic hydroxyl groups is 1. The summed E-state index contributed by atoms with van der Waals surface area (Å²) in [5.41, 5.74) is 2.08. The molecule has 1 unspecified atom stereocenters. The molecule has 1 atom stereocenters. The summed E-state index contributed by atoms with van der Waals surface area (Å²) in [7, 11) is 0. The first-order valence-corrected chi connectivity index (χ1v) is 7.24. The molecule has 0 saturated heterocycles. The van der Waals surface area contributed by atoms with E-state index in [0.29, 0.717) is 0 Å². The van der Waals surface area contributed by atoms with E-state index in [0.717, 1.165) is 34.9 Å². The van der Waals surface area contributed by atoms with Gasteiger partial charge in [0.15, 0.2) is 5.16 Å². The molecule has 5 heteroatoms. The lowest BCUT2D eigenvalue weighted by Gasteiger charge is -2.13. The van der Waals surface area contributed by atoms with Crippen molar-refractivity contribution < 1.29 is 5.11 Å². The van der Waals surface area contributed by atoms with E-state index in [2.05, 4.69) is 22.2 Å². The zero-order valence-electron chi connectivity index (χ0n) is 10.5. The van der Waals surface area contributed by atoms with E-state index in [-0.39, 0.29) is 12.6 Å². The molecule has 0 radical (unpaired) electrons. The molecule has 18 heavy (non-hydrogen) atoms. The van der Waals surface area contributed by atoms with Crippen molar-refractivity contribution in [3.05, 3.63) is 24.3 Å². The standard InChI is InChI=1S/C13H19N3OS/c1-2-14-10(9-17)7-8-18-13-15-11-5-3-4-6-12(11)16-13/h3-6,10,14,17H,2,7-9H2,1H3,(H,15,16). The van der Waals surface area contributed by atoms with Crippen LogP contribution >= 0.6 is 11.8 Å². The second kappa shape index (κ2) is 6.78. The molecular formula is C13H19N3OS. The van der Waals surface area contributed by atoms with Crippen molar-refractivity contribution in [3.63, 3.8) is 0 Å². The molecule has 0 fully saturated rings. The molecule has 1 aromatic carbocycles. The Balaban J connectivity index is 1.86. The Hall–Kier alpha value is -1.04. The lowest BCUT2D eigenvalue weighted by molar-refractivity contribution is 0.242. The number of thioether (sulfide) groups is 1. The van der Waals surface area contributed by atoms with Gasteiger partial charge in [0.1, 0.15) is 0 Å². The zero-order chi connectivity index (χ0) is 12.8. The van der Waals surface area contributed by atoms with Gasteiger partial charge < -0.3 is 15.4 Å². The molecule has 1 heterocycles. The Morgan fingerprint density at radius 2 is 2.28 bits per heavy atom. The number of nitrogens with one attached hydrogen (secondary N) is 2. The van der Waals surface area contributed by atoms with Crippen molar-refractivity contribution in [1.82, 2.24) is 15.3 Å². The van der Waals surface area contributed by atoms with Gasteiger partial charge in [-0.05, 0) is 25.1 Å². The molecular weight excluding hydrogens is 246 g/mol. The van der Waals surface area contributed by atoms with Gasteiger partial charge in [-0.2, -0.15) is 0 Å². The predicted octanol–water partition coefficient (Wildman–Crippen LogP) is 2.02. The lowest BCUT2D eigenvalue weighted by Crippen LogP contribution is -2.32. The van der Waals surface area contributed by atoms with E-state index in [1.807, 2.05) is 24.3 Å². The summed E-state index contributed by atoms with van der Waals surface area (Å²) in [4.78, 5) is 7.79. The first kappa shape index (κ1) is 13.4. The van der Waals surface area contributed by atoms with Gasteiger partial charge in [-0.15, -0.1) is 0 Å². The monoisotopic (exact) mass is 265 g/mol. The van der Waals surface area contributed by atoms with Gasteiger partial charge in [0.2, 0.25) is 0 Å².